The molecular weight excluding hydrogens is 364 g/mol. The molecule has 1 rings (SSSR count). The Balaban J connectivity index is 3.46. The number of halogens is 7. The third-order valence-corrected chi connectivity index (χ3v) is 2.69. The lowest BCUT2D eigenvalue weighted by molar-refractivity contribution is -0.274. The van der Waals surface area contributed by atoms with E-state index in [1.165, 1.54) is 0 Å². The fourth-order valence-electron chi connectivity index (χ4n) is 1.29. The molecule has 1 aromatic rings. The molecule has 10 heteroatoms. The minimum Gasteiger partial charge on any atom is -0.403 e. The van der Waals surface area contributed by atoms with Crippen LogP contribution in [0.15, 0.2) is 6.20 Å². The molecular formula is C9H4BrClF5NO2. The van der Waals surface area contributed by atoms with Gasteiger partial charge in [-0.3, -0.25) is 9.78 Å². The van der Waals surface area contributed by atoms with Crippen LogP contribution in [0, 0.1) is 0 Å². The highest BCUT2D eigenvalue weighted by Crippen LogP contribution is 2.34. The predicted molar refractivity (Wildman–Crippen MR) is 58.7 cm³/mol. The molecule has 106 valence electrons. The molecule has 0 saturated heterocycles. The number of hydrogen-bond acceptors (Lipinski definition) is 3. The van der Waals surface area contributed by atoms with Crippen LogP contribution in [-0.2, 0) is 5.33 Å². The van der Waals surface area contributed by atoms with Crippen LogP contribution in [-0.4, -0.2) is 16.6 Å². The Labute approximate surface area is 116 Å². The maximum Gasteiger partial charge on any atom is 0.573 e. The quantitative estimate of drug-likeness (QED) is 0.454. The van der Waals surface area contributed by atoms with Crippen molar-refractivity contribution in [2.45, 2.75) is 18.1 Å². The lowest BCUT2D eigenvalue weighted by Crippen LogP contribution is -2.20. The Morgan fingerprint density at radius 3 is 2.42 bits per heavy atom. The molecule has 0 aliphatic rings. The van der Waals surface area contributed by atoms with Gasteiger partial charge < -0.3 is 4.74 Å². The molecule has 0 aliphatic carbocycles. The first-order chi connectivity index (χ1) is 8.67. The second kappa shape index (κ2) is 6.00. The van der Waals surface area contributed by atoms with Gasteiger partial charge in [0, 0.05) is 10.9 Å². The van der Waals surface area contributed by atoms with E-state index in [4.69, 9.17) is 11.6 Å². The standard InChI is InChI=1S/C9H4BrClF5NO2/c10-1-3-5(7(11)18)4(19-9(14,15)16)2-17-6(3)8(12)13/h2,8H,1H2. The van der Waals surface area contributed by atoms with Gasteiger partial charge in [0.05, 0.1) is 11.8 Å². The highest BCUT2D eigenvalue weighted by molar-refractivity contribution is 9.08. The van der Waals surface area contributed by atoms with E-state index in [-0.39, 0.29) is 5.33 Å². The van der Waals surface area contributed by atoms with Crippen molar-refractivity contribution in [1.82, 2.24) is 4.98 Å². The summed E-state index contributed by atoms with van der Waals surface area (Å²) in [5.74, 6) is -1.02. The van der Waals surface area contributed by atoms with Gasteiger partial charge in [0.15, 0.2) is 5.75 Å². The lowest BCUT2D eigenvalue weighted by Gasteiger charge is -2.15. The van der Waals surface area contributed by atoms with Crippen LogP contribution >= 0.6 is 27.5 Å². The third-order valence-electron chi connectivity index (χ3n) is 1.94. The zero-order valence-corrected chi connectivity index (χ0v) is 11.1. The van der Waals surface area contributed by atoms with E-state index in [0.29, 0.717) is 6.20 Å². The van der Waals surface area contributed by atoms with E-state index in [1.54, 1.807) is 0 Å². The number of hydrogen-bond donors (Lipinski definition) is 0. The first-order valence-electron chi connectivity index (χ1n) is 4.48. The number of nitrogens with zero attached hydrogens (tertiary/aromatic N) is 1. The summed E-state index contributed by atoms with van der Waals surface area (Å²) < 4.78 is 65.1. The Morgan fingerprint density at radius 2 is 2.05 bits per heavy atom. The van der Waals surface area contributed by atoms with Crippen molar-refractivity contribution >= 4 is 32.8 Å². The maximum atomic E-state index is 12.6. The number of carbonyl (C=O) groups is 1. The molecule has 3 nitrogen and oxygen atoms in total. The van der Waals surface area contributed by atoms with Gasteiger partial charge in [-0.25, -0.2) is 8.78 Å². The fourth-order valence-corrected chi connectivity index (χ4v) is 2.06. The zero-order chi connectivity index (χ0) is 14.8. The van der Waals surface area contributed by atoms with E-state index in [9.17, 15) is 26.7 Å². The number of carbonyl (C=O) groups excluding carboxylic acids is 1. The van der Waals surface area contributed by atoms with Gasteiger partial charge in [-0.1, -0.05) is 15.9 Å². The predicted octanol–water partition coefficient (Wildman–Crippen LogP) is 4.19. The van der Waals surface area contributed by atoms with Gasteiger partial charge in [0.2, 0.25) is 0 Å². The lowest BCUT2D eigenvalue weighted by atomic mass is 10.1. The summed E-state index contributed by atoms with van der Waals surface area (Å²) in [6.45, 7) is 0. The minimum absolute atomic E-state index is 0.331. The molecule has 1 heterocycles. The van der Waals surface area contributed by atoms with Crippen LogP contribution in [0.2, 0.25) is 0 Å². The van der Waals surface area contributed by atoms with E-state index in [0.717, 1.165) is 0 Å². The monoisotopic (exact) mass is 367 g/mol. The maximum absolute atomic E-state index is 12.6. The molecule has 0 saturated carbocycles. The van der Waals surface area contributed by atoms with Crippen molar-refractivity contribution in [2.75, 3.05) is 0 Å². The Bertz CT molecular complexity index is 494. The largest absolute Gasteiger partial charge is 0.573 e. The van der Waals surface area contributed by atoms with Crippen LogP contribution in [0.25, 0.3) is 0 Å². The van der Waals surface area contributed by atoms with E-state index in [2.05, 4.69) is 25.7 Å². The minimum atomic E-state index is -5.10. The van der Waals surface area contributed by atoms with Gasteiger partial charge in [0.25, 0.3) is 11.7 Å². The molecule has 0 atom stereocenters. The SMILES string of the molecule is O=C(Cl)c1c(OC(F)(F)F)cnc(C(F)F)c1CBr. The van der Waals surface area contributed by atoms with Crippen LogP contribution < -0.4 is 4.74 Å². The van der Waals surface area contributed by atoms with Gasteiger partial charge in [-0.05, 0) is 11.6 Å². The molecule has 0 aromatic carbocycles. The molecule has 0 unspecified atom stereocenters. The molecule has 0 amide bonds. The van der Waals surface area contributed by atoms with Crippen molar-refractivity contribution in [3.8, 4) is 5.75 Å². The van der Waals surface area contributed by atoms with E-state index >= 15 is 0 Å². The van der Waals surface area contributed by atoms with E-state index in [1.807, 2.05) is 0 Å². The molecule has 0 spiro atoms. The van der Waals surface area contributed by atoms with Gasteiger partial charge >= 0.3 is 6.36 Å². The molecule has 1 aromatic heterocycles. The Morgan fingerprint density at radius 1 is 1.47 bits per heavy atom. The Kier molecular flexibility index (Phi) is 5.08. The second-order valence-corrected chi connectivity index (χ2v) is 4.02. The summed E-state index contributed by atoms with van der Waals surface area (Å²) in [6, 6.07) is 0. The zero-order valence-electron chi connectivity index (χ0n) is 8.77. The van der Waals surface area contributed by atoms with E-state index < -0.39 is 40.6 Å². The number of pyridine rings is 1. The van der Waals surface area contributed by atoms with Crippen LogP contribution in [0.4, 0.5) is 22.0 Å². The van der Waals surface area contributed by atoms with Crippen molar-refractivity contribution in [3.63, 3.8) is 0 Å². The summed E-state index contributed by atoms with van der Waals surface area (Å²) in [5.41, 5.74) is -2.08. The summed E-state index contributed by atoms with van der Waals surface area (Å²) in [5, 5.41) is -1.68. The highest BCUT2D eigenvalue weighted by atomic mass is 79.9. The number of aromatic nitrogens is 1. The van der Waals surface area contributed by atoms with Gasteiger partial charge in [-0.15, -0.1) is 13.2 Å². The normalized spacial score (nSPS) is 11.8. The van der Waals surface area contributed by atoms with Crippen LogP contribution in [0.5, 0.6) is 5.75 Å². The molecule has 0 bridgehead atoms. The van der Waals surface area contributed by atoms with Gasteiger partial charge in [0.1, 0.15) is 5.69 Å². The molecule has 0 N–H and O–H groups in total. The first kappa shape index (κ1) is 16.1. The number of ether oxygens (including phenoxy) is 1. The molecule has 0 aliphatic heterocycles. The van der Waals surface area contributed by atoms with Crippen LogP contribution in [0.1, 0.15) is 28.0 Å². The number of rotatable bonds is 4. The summed E-state index contributed by atoms with van der Waals surface area (Å²) in [7, 11) is 0. The van der Waals surface area contributed by atoms with Gasteiger partial charge in [-0.2, -0.15) is 0 Å². The van der Waals surface area contributed by atoms with Crippen molar-refractivity contribution < 1.29 is 31.5 Å². The Hall–Kier alpha value is -0.960. The first-order valence-corrected chi connectivity index (χ1v) is 5.98. The molecule has 0 fully saturated rings. The fraction of sp³-hybridized carbons (Fsp3) is 0.333. The van der Waals surface area contributed by atoms with Crippen LogP contribution in [0.3, 0.4) is 0 Å². The van der Waals surface area contributed by atoms with Crippen molar-refractivity contribution in [2.24, 2.45) is 0 Å². The third kappa shape index (κ3) is 4.00. The summed E-state index contributed by atoms with van der Waals surface area (Å²) in [4.78, 5) is 14.3. The number of alkyl halides is 6. The summed E-state index contributed by atoms with van der Waals surface area (Å²) >= 11 is 7.91. The average molecular weight is 368 g/mol. The smallest absolute Gasteiger partial charge is 0.403 e. The molecule has 0 radical (unpaired) electrons. The van der Waals surface area contributed by atoms with Crippen molar-refractivity contribution in [3.05, 3.63) is 23.0 Å². The average Bonchev–Trinajstić information content (AvgIpc) is 2.25. The highest BCUT2D eigenvalue weighted by Gasteiger charge is 2.35. The van der Waals surface area contributed by atoms with Crippen molar-refractivity contribution in [1.29, 1.82) is 0 Å². The molecule has 19 heavy (non-hydrogen) atoms. The second-order valence-electron chi connectivity index (χ2n) is 3.12. The summed E-state index contributed by atoms with van der Waals surface area (Å²) in [6.07, 6.45) is -7.78. The topological polar surface area (TPSA) is 39.2 Å².